The molecule has 1 amide bonds. The van der Waals surface area contributed by atoms with E-state index in [4.69, 9.17) is 0 Å². The summed E-state index contributed by atoms with van der Waals surface area (Å²) in [5.41, 5.74) is 0.372. The van der Waals surface area contributed by atoms with Crippen LogP contribution in [-0.2, 0) is 14.6 Å². The maximum absolute atomic E-state index is 12.0. The number of sulfone groups is 1. The van der Waals surface area contributed by atoms with Gasteiger partial charge in [-0.1, -0.05) is 12.1 Å². The summed E-state index contributed by atoms with van der Waals surface area (Å²) in [5, 5.41) is 2.73. The Morgan fingerprint density at radius 2 is 1.85 bits per heavy atom. The molecule has 2 rings (SSSR count). The highest BCUT2D eigenvalue weighted by molar-refractivity contribution is 7.90. The Morgan fingerprint density at radius 3 is 2.50 bits per heavy atom. The third-order valence-corrected chi connectivity index (χ3v) is 4.69. The largest absolute Gasteiger partial charge is 0.327 e. The number of piperidine rings is 1. The van der Waals surface area contributed by atoms with Crippen molar-refractivity contribution in [1.29, 1.82) is 0 Å². The summed E-state index contributed by atoms with van der Waals surface area (Å²) in [5.74, 6) is -0.127. The minimum Gasteiger partial charge on any atom is -0.327 e. The van der Waals surface area contributed by atoms with Gasteiger partial charge in [-0.25, -0.2) is 8.42 Å². The predicted molar refractivity (Wildman–Crippen MR) is 77.6 cm³/mol. The van der Waals surface area contributed by atoms with Crippen molar-refractivity contribution >= 4 is 21.4 Å². The fourth-order valence-electron chi connectivity index (χ4n) is 2.54. The van der Waals surface area contributed by atoms with Crippen molar-refractivity contribution in [3.63, 3.8) is 0 Å². The summed E-state index contributed by atoms with van der Waals surface area (Å²) >= 11 is 0. The second-order valence-electron chi connectivity index (χ2n) is 5.30. The molecule has 6 heteroatoms. The number of anilines is 1. The Labute approximate surface area is 119 Å². The minimum absolute atomic E-state index is 0.127. The number of carbonyl (C=O) groups is 1. The van der Waals surface area contributed by atoms with Gasteiger partial charge in [0, 0.05) is 6.26 Å². The highest BCUT2D eigenvalue weighted by Crippen LogP contribution is 2.20. The third-order valence-electron chi connectivity index (χ3n) is 3.53. The zero-order chi connectivity index (χ0) is 14.6. The van der Waals surface area contributed by atoms with E-state index in [9.17, 15) is 13.2 Å². The molecule has 1 heterocycles. The first kappa shape index (κ1) is 15.0. The standard InChI is InChI=1S/C14H20N2O3S/c1-20(18,19)13-8-4-3-7-12(13)15-14(17)11-16-9-5-2-6-10-16/h3-4,7-8H,2,5-6,9-11H2,1H3,(H,15,17)/p+1. The molecule has 1 aromatic rings. The van der Waals surface area contributed by atoms with Crippen LogP contribution in [0.1, 0.15) is 19.3 Å². The molecule has 0 aliphatic carbocycles. The molecular weight excluding hydrogens is 276 g/mol. The van der Waals surface area contributed by atoms with Gasteiger partial charge in [-0.2, -0.15) is 0 Å². The van der Waals surface area contributed by atoms with Crippen molar-refractivity contribution in [2.24, 2.45) is 0 Å². The number of hydrogen-bond acceptors (Lipinski definition) is 3. The molecule has 0 saturated carbocycles. The molecule has 0 aromatic heterocycles. The Kier molecular flexibility index (Phi) is 4.77. The SMILES string of the molecule is CS(=O)(=O)c1ccccc1NC(=O)C[NH+]1CCCCC1. The van der Waals surface area contributed by atoms with Gasteiger partial charge in [0.1, 0.15) is 0 Å². The fourth-order valence-corrected chi connectivity index (χ4v) is 3.39. The number of carbonyl (C=O) groups excluding carboxylic acids is 1. The van der Waals surface area contributed by atoms with E-state index in [0.717, 1.165) is 32.2 Å². The number of quaternary nitrogens is 1. The van der Waals surface area contributed by atoms with Gasteiger partial charge in [0.05, 0.1) is 23.7 Å². The lowest BCUT2D eigenvalue weighted by atomic mass is 10.1. The molecule has 20 heavy (non-hydrogen) atoms. The Bertz CT molecular complexity index is 578. The molecule has 0 radical (unpaired) electrons. The number of likely N-dealkylation sites (tertiary alicyclic amines) is 1. The van der Waals surface area contributed by atoms with Gasteiger partial charge in [-0.3, -0.25) is 4.79 Å². The molecule has 1 fully saturated rings. The summed E-state index contributed by atoms with van der Waals surface area (Å²) in [6.07, 6.45) is 4.70. The van der Waals surface area contributed by atoms with Crippen LogP contribution < -0.4 is 10.2 Å². The fraction of sp³-hybridized carbons (Fsp3) is 0.500. The van der Waals surface area contributed by atoms with Crippen molar-refractivity contribution < 1.29 is 18.1 Å². The minimum atomic E-state index is -3.33. The number of para-hydroxylation sites is 1. The number of hydrogen-bond donors (Lipinski definition) is 2. The highest BCUT2D eigenvalue weighted by atomic mass is 32.2. The van der Waals surface area contributed by atoms with Crippen LogP contribution in [0, 0.1) is 0 Å². The Balaban J connectivity index is 2.04. The first-order chi connectivity index (χ1) is 9.47. The highest BCUT2D eigenvalue weighted by Gasteiger charge is 2.19. The Morgan fingerprint density at radius 1 is 1.20 bits per heavy atom. The van der Waals surface area contributed by atoms with Crippen LogP contribution in [0.3, 0.4) is 0 Å². The van der Waals surface area contributed by atoms with Crippen molar-refractivity contribution in [2.45, 2.75) is 24.2 Å². The van der Waals surface area contributed by atoms with Crippen molar-refractivity contribution in [1.82, 2.24) is 0 Å². The maximum atomic E-state index is 12.0. The molecule has 1 aliphatic heterocycles. The van der Waals surface area contributed by atoms with Crippen LogP contribution in [0.15, 0.2) is 29.2 Å². The molecule has 0 spiro atoms. The maximum Gasteiger partial charge on any atom is 0.279 e. The summed E-state index contributed by atoms with van der Waals surface area (Å²) in [7, 11) is -3.33. The zero-order valence-electron chi connectivity index (χ0n) is 11.7. The zero-order valence-corrected chi connectivity index (χ0v) is 12.5. The number of nitrogens with one attached hydrogen (secondary N) is 2. The van der Waals surface area contributed by atoms with E-state index in [1.807, 2.05) is 0 Å². The van der Waals surface area contributed by atoms with Crippen LogP contribution in [0.25, 0.3) is 0 Å². The van der Waals surface area contributed by atoms with Crippen LogP contribution in [0.4, 0.5) is 5.69 Å². The van der Waals surface area contributed by atoms with E-state index in [-0.39, 0.29) is 10.8 Å². The number of amides is 1. The average Bonchev–Trinajstić information content (AvgIpc) is 2.39. The topological polar surface area (TPSA) is 67.7 Å². The van der Waals surface area contributed by atoms with E-state index in [1.165, 1.54) is 17.4 Å². The van der Waals surface area contributed by atoms with Gasteiger partial charge in [0.25, 0.3) is 5.91 Å². The van der Waals surface area contributed by atoms with Crippen molar-refractivity contribution in [2.75, 3.05) is 31.2 Å². The first-order valence-corrected chi connectivity index (χ1v) is 8.78. The van der Waals surface area contributed by atoms with E-state index in [1.54, 1.807) is 18.2 Å². The molecule has 1 aromatic carbocycles. The molecule has 0 atom stereocenters. The summed E-state index contributed by atoms with van der Waals surface area (Å²) in [6.45, 7) is 2.43. The van der Waals surface area contributed by atoms with E-state index >= 15 is 0 Å². The Hall–Kier alpha value is -1.40. The van der Waals surface area contributed by atoms with Crippen LogP contribution in [0.5, 0.6) is 0 Å². The third kappa shape index (κ3) is 4.05. The molecular formula is C14H21N2O3S+. The lowest BCUT2D eigenvalue weighted by Gasteiger charge is -2.23. The van der Waals surface area contributed by atoms with E-state index in [0.29, 0.717) is 12.2 Å². The average molecular weight is 297 g/mol. The predicted octanol–water partition coefficient (Wildman–Crippen LogP) is 0.0974. The first-order valence-electron chi connectivity index (χ1n) is 6.89. The summed E-state index contributed by atoms with van der Waals surface area (Å²) in [4.78, 5) is 13.5. The van der Waals surface area contributed by atoms with Gasteiger partial charge in [-0.15, -0.1) is 0 Å². The number of rotatable bonds is 4. The van der Waals surface area contributed by atoms with Crippen LogP contribution in [-0.4, -0.2) is 40.2 Å². The smallest absolute Gasteiger partial charge is 0.279 e. The molecule has 2 N–H and O–H groups in total. The quantitative estimate of drug-likeness (QED) is 0.828. The normalized spacial score (nSPS) is 16.9. The molecule has 0 unspecified atom stereocenters. The van der Waals surface area contributed by atoms with Gasteiger partial charge < -0.3 is 10.2 Å². The summed E-state index contributed by atoms with van der Waals surface area (Å²) in [6, 6.07) is 6.51. The van der Waals surface area contributed by atoms with Crippen molar-refractivity contribution in [3.8, 4) is 0 Å². The number of benzene rings is 1. The van der Waals surface area contributed by atoms with Gasteiger partial charge in [0.15, 0.2) is 16.4 Å². The van der Waals surface area contributed by atoms with Crippen molar-refractivity contribution in [3.05, 3.63) is 24.3 Å². The van der Waals surface area contributed by atoms with Gasteiger partial charge in [0.2, 0.25) is 0 Å². The molecule has 5 nitrogen and oxygen atoms in total. The van der Waals surface area contributed by atoms with Gasteiger partial charge >= 0.3 is 0 Å². The van der Waals surface area contributed by atoms with Crippen LogP contribution >= 0.6 is 0 Å². The molecule has 1 aliphatic rings. The molecule has 110 valence electrons. The lowest BCUT2D eigenvalue weighted by Crippen LogP contribution is -3.13. The second kappa shape index (κ2) is 6.37. The van der Waals surface area contributed by atoms with Crippen LogP contribution in [0.2, 0.25) is 0 Å². The monoisotopic (exact) mass is 297 g/mol. The van der Waals surface area contributed by atoms with E-state index < -0.39 is 9.84 Å². The summed E-state index contributed by atoms with van der Waals surface area (Å²) < 4.78 is 23.3. The molecule has 0 bridgehead atoms. The van der Waals surface area contributed by atoms with Gasteiger partial charge in [-0.05, 0) is 31.4 Å². The van der Waals surface area contributed by atoms with E-state index in [2.05, 4.69) is 5.32 Å². The molecule has 1 saturated heterocycles. The lowest BCUT2D eigenvalue weighted by molar-refractivity contribution is -0.896. The second-order valence-corrected chi connectivity index (χ2v) is 7.29.